The standard InChI is InChI=1S/C10H12N2O4S/c1-3-5-16-10(15)12(4-2)8-7(9(13)14)11-6-17-8/h3,6H,1,4-5H2,2H3,(H,13,14). The van der Waals surface area contributed by atoms with E-state index in [4.69, 9.17) is 9.84 Å². The van der Waals surface area contributed by atoms with Crippen LogP contribution in [0.25, 0.3) is 0 Å². The summed E-state index contributed by atoms with van der Waals surface area (Å²) in [6, 6.07) is 0. The largest absolute Gasteiger partial charge is 0.476 e. The van der Waals surface area contributed by atoms with Gasteiger partial charge in [0.05, 0.1) is 5.51 Å². The van der Waals surface area contributed by atoms with Crippen molar-refractivity contribution < 1.29 is 19.4 Å². The summed E-state index contributed by atoms with van der Waals surface area (Å²) in [4.78, 5) is 27.5. The number of carboxylic acids is 1. The molecule has 0 aromatic carbocycles. The summed E-state index contributed by atoms with van der Waals surface area (Å²) in [5, 5.41) is 9.18. The van der Waals surface area contributed by atoms with Gasteiger partial charge in [0.2, 0.25) is 0 Å². The van der Waals surface area contributed by atoms with E-state index in [2.05, 4.69) is 11.6 Å². The minimum absolute atomic E-state index is 0.0799. The Kier molecular flexibility index (Phi) is 4.65. The van der Waals surface area contributed by atoms with Crippen LogP contribution in [-0.2, 0) is 4.74 Å². The van der Waals surface area contributed by atoms with Gasteiger partial charge in [-0.15, -0.1) is 11.3 Å². The van der Waals surface area contributed by atoms with Crippen LogP contribution in [0.4, 0.5) is 9.80 Å². The van der Waals surface area contributed by atoms with E-state index in [9.17, 15) is 9.59 Å². The van der Waals surface area contributed by atoms with Gasteiger partial charge >= 0.3 is 12.1 Å². The molecule has 0 saturated carbocycles. The maximum atomic E-state index is 11.6. The molecule has 0 fully saturated rings. The lowest BCUT2D eigenvalue weighted by Gasteiger charge is -2.18. The number of nitrogens with zero attached hydrogens (tertiary/aromatic N) is 2. The Balaban J connectivity index is 2.93. The number of anilines is 1. The van der Waals surface area contributed by atoms with Gasteiger partial charge in [-0.3, -0.25) is 4.90 Å². The SMILES string of the molecule is C=CCOC(=O)N(CC)c1scnc1C(=O)O. The van der Waals surface area contributed by atoms with E-state index in [1.807, 2.05) is 0 Å². The van der Waals surface area contributed by atoms with Crippen molar-refractivity contribution in [3.05, 3.63) is 23.9 Å². The van der Waals surface area contributed by atoms with Crippen LogP contribution in [0.1, 0.15) is 17.4 Å². The molecule has 0 atom stereocenters. The molecule has 0 aliphatic rings. The van der Waals surface area contributed by atoms with E-state index in [0.717, 1.165) is 11.3 Å². The number of hydrogen-bond donors (Lipinski definition) is 1. The second-order valence-corrected chi connectivity index (χ2v) is 3.75. The van der Waals surface area contributed by atoms with Crippen LogP contribution in [0.2, 0.25) is 0 Å². The molecule has 7 heteroatoms. The van der Waals surface area contributed by atoms with Crippen molar-refractivity contribution in [2.75, 3.05) is 18.1 Å². The molecular weight excluding hydrogens is 244 g/mol. The Morgan fingerprint density at radius 3 is 2.94 bits per heavy atom. The second kappa shape index (κ2) is 6.00. The molecule has 1 aromatic heterocycles. The normalized spacial score (nSPS) is 9.71. The molecule has 1 N–H and O–H groups in total. The van der Waals surface area contributed by atoms with Gasteiger partial charge < -0.3 is 9.84 Å². The van der Waals surface area contributed by atoms with E-state index in [-0.39, 0.29) is 17.3 Å². The van der Waals surface area contributed by atoms with Gasteiger partial charge in [-0.1, -0.05) is 12.7 Å². The van der Waals surface area contributed by atoms with Crippen molar-refractivity contribution in [2.24, 2.45) is 0 Å². The molecule has 17 heavy (non-hydrogen) atoms. The highest BCUT2D eigenvalue weighted by molar-refractivity contribution is 7.14. The van der Waals surface area contributed by atoms with Crippen LogP contribution in [0.3, 0.4) is 0 Å². The van der Waals surface area contributed by atoms with Crippen molar-refractivity contribution in [1.29, 1.82) is 0 Å². The van der Waals surface area contributed by atoms with Crippen LogP contribution in [0.5, 0.6) is 0 Å². The molecule has 92 valence electrons. The molecule has 0 saturated heterocycles. The van der Waals surface area contributed by atoms with Crippen LogP contribution in [0, 0.1) is 0 Å². The smallest absolute Gasteiger partial charge is 0.415 e. The van der Waals surface area contributed by atoms with Gasteiger partial charge in [0.1, 0.15) is 11.6 Å². The number of aromatic nitrogens is 1. The predicted molar refractivity (Wildman–Crippen MR) is 63.6 cm³/mol. The second-order valence-electron chi connectivity index (χ2n) is 2.92. The lowest BCUT2D eigenvalue weighted by atomic mass is 10.4. The van der Waals surface area contributed by atoms with Crippen molar-refractivity contribution in [3.8, 4) is 0 Å². The minimum Gasteiger partial charge on any atom is -0.476 e. The Hall–Kier alpha value is -1.89. The molecule has 0 radical (unpaired) electrons. The molecule has 0 bridgehead atoms. The fourth-order valence-corrected chi connectivity index (χ4v) is 1.98. The van der Waals surface area contributed by atoms with E-state index in [1.165, 1.54) is 16.5 Å². The van der Waals surface area contributed by atoms with Gasteiger partial charge in [-0.2, -0.15) is 0 Å². The third-order valence-corrected chi connectivity index (χ3v) is 2.71. The minimum atomic E-state index is -1.17. The van der Waals surface area contributed by atoms with Gasteiger partial charge in [-0.25, -0.2) is 14.6 Å². The fourth-order valence-electron chi connectivity index (χ4n) is 1.14. The lowest BCUT2D eigenvalue weighted by molar-refractivity contribution is 0.0692. The summed E-state index contributed by atoms with van der Waals surface area (Å²) in [7, 11) is 0. The summed E-state index contributed by atoms with van der Waals surface area (Å²) >= 11 is 1.08. The van der Waals surface area contributed by atoms with Crippen molar-refractivity contribution in [1.82, 2.24) is 4.98 Å². The molecule has 6 nitrogen and oxygen atoms in total. The van der Waals surface area contributed by atoms with Gasteiger partial charge in [0.25, 0.3) is 0 Å². The number of carboxylic acid groups (broad SMARTS) is 1. The molecule has 1 aromatic rings. The van der Waals surface area contributed by atoms with Crippen molar-refractivity contribution in [2.45, 2.75) is 6.92 Å². The Morgan fingerprint density at radius 1 is 1.71 bits per heavy atom. The molecule has 1 amide bonds. The summed E-state index contributed by atoms with van der Waals surface area (Å²) in [5.74, 6) is -1.17. The molecule has 0 aliphatic carbocycles. The average Bonchev–Trinajstić information content (AvgIpc) is 2.76. The zero-order valence-electron chi connectivity index (χ0n) is 9.25. The quantitative estimate of drug-likeness (QED) is 0.815. The van der Waals surface area contributed by atoms with E-state index < -0.39 is 12.1 Å². The number of rotatable bonds is 5. The van der Waals surface area contributed by atoms with Gasteiger partial charge in [0.15, 0.2) is 5.69 Å². The predicted octanol–water partition coefficient (Wildman–Crippen LogP) is 1.99. The molecule has 0 unspecified atom stereocenters. The fraction of sp³-hybridized carbons (Fsp3) is 0.300. The number of amides is 1. The molecular formula is C10H12N2O4S. The first-order valence-corrected chi connectivity index (χ1v) is 5.71. The topological polar surface area (TPSA) is 79.7 Å². The van der Waals surface area contributed by atoms with E-state index in [0.29, 0.717) is 6.54 Å². The number of ether oxygens (including phenoxy) is 1. The molecule has 0 aliphatic heterocycles. The average molecular weight is 256 g/mol. The highest BCUT2D eigenvalue weighted by Gasteiger charge is 2.23. The van der Waals surface area contributed by atoms with E-state index in [1.54, 1.807) is 6.92 Å². The highest BCUT2D eigenvalue weighted by atomic mass is 32.1. The maximum absolute atomic E-state index is 11.6. The van der Waals surface area contributed by atoms with Crippen LogP contribution >= 0.6 is 11.3 Å². The Labute approximate surface area is 102 Å². The van der Waals surface area contributed by atoms with Gasteiger partial charge in [0, 0.05) is 6.54 Å². The number of carbonyl (C=O) groups is 2. The summed E-state index contributed by atoms with van der Waals surface area (Å²) < 4.78 is 4.86. The molecule has 1 rings (SSSR count). The number of thiazole rings is 1. The third-order valence-electron chi connectivity index (χ3n) is 1.86. The molecule has 0 spiro atoms. The van der Waals surface area contributed by atoms with Crippen molar-refractivity contribution in [3.63, 3.8) is 0 Å². The maximum Gasteiger partial charge on any atom is 0.415 e. The van der Waals surface area contributed by atoms with Crippen molar-refractivity contribution >= 4 is 28.4 Å². The Morgan fingerprint density at radius 2 is 2.41 bits per heavy atom. The zero-order chi connectivity index (χ0) is 12.8. The Bertz CT molecular complexity index is 430. The summed E-state index contributed by atoms with van der Waals surface area (Å²) in [5.41, 5.74) is 1.23. The zero-order valence-corrected chi connectivity index (χ0v) is 10.1. The monoisotopic (exact) mass is 256 g/mol. The number of carbonyl (C=O) groups excluding carboxylic acids is 1. The number of hydrogen-bond acceptors (Lipinski definition) is 5. The molecule has 1 heterocycles. The lowest BCUT2D eigenvalue weighted by Crippen LogP contribution is -2.31. The summed E-state index contributed by atoms with van der Waals surface area (Å²) in [6.07, 6.45) is 0.829. The van der Waals surface area contributed by atoms with Gasteiger partial charge in [-0.05, 0) is 6.92 Å². The van der Waals surface area contributed by atoms with Crippen LogP contribution < -0.4 is 4.90 Å². The highest BCUT2D eigenvalue weighted by Crippen LogP contribution is 2.25. The first-order valence-electron chi connectivity index (χ1n) is 4.83. The van der Waals surface area contributed by atoms with Crippen LogP contribution in [0.15, 0.2) is 18.2 Å². The van der Waals surface area contributed by atoms with Crippen LogP contribution in [-0.4, -0.2) is 35.3 Å². The number of aromatic carboxylic acids is 1. The third kappa shape index (κ3) is 3.04. The summed E-state index contributed by atoms with van der Waals surface area (Å²) in [6.45, 7) is 5.53. The first kappa shape index (κ1) is 13.2. The first-order chi connectivity index (χ1) is 8.11. The van der Waals surface area contributed by atoms with E-state index >= 15 is 0 Å².